The van der Waals surface area contributed by atoms with E-state index in [4.69, 9.17) is 0 Å². The van der Waals surface area contributed by atoms with Gasteiger partial charge < -0.3 is 5.32 Å². The summed E-state index contributed by atoms with van der Waals surface area (Å²) in [5.41, 5.74) is 1.69. The molecule has 0 saturated carbocycles. The van der Waals surface area contributed by atoms with Gasteiger partial charge in [0.1, 0.15) is 0 Å². The second kappa shape index (κ2) is 7.40. The van der Waals surface area contributed by atoms with Gasteiger partial charge in [-0.2, -0.15) is 0 Å². The molecule has 3 aromatic rings. The fourth-order valence-corrected chi connectivity index (χ4v) is 3.64. The van der Waals surface area contributed by atoms with Gasteiger partial charge in [-0.1, -0.05) is 18.2 Å². The van der Waals surface area contributed by atoms with Gasteiger partial charge in [0.05, 0.1) is 20.1 Å². The van der Waals surface area contributed by atoms with E-state index in [0.717, 1.165) is 28.1 Å². The first-order valence-corrected chi connectivity index (χ1v) is 8.74. The molecule has 1 amide bonds. The first-order chi connectivity index (χ1) is 12.1. The number of carbonyl (C=O) groups excluding carboxylic acids is 1. The number of nitro groups is 1. The third-order valence-corrected chi connectivity index (χ3v) is 5.03. The molecule has 0 fully saturated rings. The minimum Gasteiger partial charge on any atom is -0.352 e. The summed E-state index contributed by atoms with van der Waals surface area (Å²) in [5, 5.41) is 14.8. The molecule has 0 atom stereocenters. The number of hydrogen-bond donors (Lipinski definition) is 1. The first-order valence-electron chi connectivity index (χ1n) is 7.93. The average Bonchev–Trinajstić information content (AvgIpc) is 3.01. The molecule has 0 spiro atoms. The topological polar surface area (TPSA) is 85.1 Å². The van der Waals surface area contributed by atoms with Gasteiger partial charge in [0, 0.05) is 30.2 Å². The van der Waals surface area contributed by atoms with Crippen molar-refractivity contribution in [2.75, 3.05) is 6.54 Å². The Kier molecular flexibility index (Phi) is 5.04. The molecule has 128 valence electrons. The minimum atomic E-state index is -0.473. The highest BCUT2D eigenvalue weighted by atomic mass is 32.1. The van der Waals surface area contributed by atoms with Crippen LogP contribution in [0.2, 0.25) is 0 Å². The molecule has 0 saturated heterocycles. The fourth-order valence-electron chi connectivity index (χ4n) is 2.63. The Morgan fingerprint density at radius 1 is 1.24 bits per heavy atom. The molecule has 1 N–H and O–H groups in total. The number of carbonyl (C=O) groups is 1. The summed E-state index contributed by atoms with van der Waals surface area (Å²) in [6.45, 7) is 2.09. The van der Waals surface area contributed by atoms with Crippen LogP contribution >= 0.6 is 11.3 Å². The van der Waals surface area contributed by atoms with E-state index in [-0.39, 0.29) is 11.6 Å². The lowest BCUT2D eigenvalue weighted by molar-refractivity contribution is -0.385. The zero-order valence-electron chi connectivity index (χ0n) is 13.7. The van der Waals surface area contributed by atoms with E-state index in [1.807, 2.05) is 24.3 Å². The molecule has 6 nitrogen and oxygen atoms in total. The van der Waals surface area contributed by atoms with Crippen LogP contribution in [0.25, 0.3) is 10.2 Å². The SMILES string of the molecule is Cc1c(C(=O)NCCCc2nc3ccccc3s2)cccc1[N+](=O)[O-]. The molecule has 0 unspecified atom stereocenters. The van der Waals surface area contributed by atoms with Gasteiger partial charge >= 0.3 is 0 Å². The summed E-state index contributed by atoms with van der Waals surface area (Å²) in [6, 6.07) is 12.5. The number of para-hydroxylation sites is 1. The highest BCUT2D eigenvalue weighted by Gasteiger charge is 2.17. The summed E-state index contributed by atoms with van der Waals surface area (Å²) in [6.07, 6.45) is 1.55. The van der Waals surface area contributed by atoms with E-state index >= 15 is 0 Å². The molecule has 0 bridgehead atoms. The number of aromatic nitrogens is 1. The molecule has 1 heterocycles. The number of hydrogen-bond acceptors (Lipinski definition) is 5. The van der Waals surface area contributed by atoms with Crippen LogP contribution < -0.4 is 5.32 Å². The Labute approximate surface area is 148 Å². The van der Waals surface area contributed by atoms with Crippen LogP contribution in [0.5, 0.6) is 0 Å². The van der Waals surface area contributed by atoms with Gasteiger partial charge in [0.15, 0.2) is 0 Å². The Balaban J connectivity index is 1.56. The Morgan fingerprint density at radius 3 is 2.80 bits per heavy atom. The van der Waals surface area contributed by atoms with E-state index in [1.54, 1.807) is 24.3 Å². The molecule has 3 rings (SSSR count). The predicted octanol–water partition coefficient (Wildman–Crippen LogP) is 3.88. The molecule has 0 aliphatic heterocycles. The van der Waals surface area contributed by atoms with Crippen LogP contribution in [0.4, 0.5) is 5.69 Å². The van der Waals surface area contributed by atoms with Crippen LogP contribution in [0.15, 0.2) is 42.5 Å². The van der Waals surface area contributed by atoms with E-state index in [1.165, 1.54) is 12.1 Å². The third-order valence-electron chi connectivity index (χ3n) is 3.94. The van der Waals surface area contributed by atoms with E-state index in [2.05, 4.69) is 10.3 Å². The lowest BCUT2D eigenvalue weighted by Crippen LogP contribution is -2.25. The van der Waals surface area contributed by atoms with Crippen molar-refractivity contribution >= 4 is 33.1 Å². The second-order valence-corrected chi connectivity index (χ2v) is 6.76. The van der Waals surface area contributed by atoms with Crippen molar-refractivity contribution in [2.24, 2.45) is 0 Å². The van der Waals surface area contributed by atoms with Crippen LogP contribution in [0.3, 0.4) is 0 Å². The van der Waals surface area contributed by atoms with E-state index in [9.17, 15) is 14.9 Å². The predicted molar refractivity (Wildman–Crippen MR) is 98.1 cm³/mol. The van der Waals surface area contributed by atoms with Crippen molar-refractivity contribution in [3.8, 4) is 0 Å². The molecule has 0 aliphatic carbocycles. The summed E-state index contributed by atoms with van der Waals surface area (Å²) >= 11 is 1.66. The van der Waals surface area contributed by atoms with E-state index in [0.29, 0.717) is 17.7 Å². The van der Waals surface area contributed by atoms with Crippen LogP contribution in [0, 0.1) is 17.0 Å². The summed E-state index contributed by atoms with van der Waals surface area (Å²) in [5.74, 6) is -0.287. The molecule has 0 radical (unpaired) electrons. The molecule has 1 aromatic heterocycles. The summed E-state index contributed by atoms with van der Waals surface area (Å²) < 4.78 is 1.16. The zero-order chi connectivity index (χ0) is 17.8. The largest absolute Gasteiger partial charge is 0.352 e. The van der Waals surface area contributed by atoms with Crippen molar-refractivity contribution in [3.63, 3.8) is 0 Å². The van der Waals surface area contributed by atoms with Crippen molar-refractivity contribution in [1.82, 2.24) is 10.3 Å². The number of aryl methyl sites for hydroxylation is 1. The molecule has 0 aliphatic rings. The average molecular weight is 355 g/mol. The molecular weight excluding hydrogens is 338 g/mol. The number of fused-ring (bicyclic) bond motifs is 1. The van der Waals surface area contributed by atoms with Crippen molar-refractivity contribution in [1.29, 1.82) is 0 Å². The molecular formula is C18H17N3O3S. The van der Waals surface area contributed by atoms with Crippen LogP contribution in [-0.4, -0.2) is 22.4 Å². The third kappa shape index (κ3) is 3.83. The lowest BCUT2D eigenvalue weighted by Gasteiger charge is -2.07. The number of rotatable bonds is 6. The Bertz CT molecular complexity index is 903. The van der Waals surface area contributed by atoms with Gasteiger partial charge in [0.25, 0.3) is 11.6 Å². The number of thiazole rings is 1. The maximum absolute atomic E-state index is 12.2. The maximum atomic E-state index is 12.2. The summed E-state index contributed by atoms with van der Waals surface area (Å²) in [7, 11) is 0. The maximum Gasteiger partial charge on any atom is 0.273 e. The van der Waals surface area contributed by atoms with Gasteiger partial charge in [0.2, 0.25) is 0 Å². The number of nitrogens with one attached hydrogen (secondary N) is 1. The second-order valence-electron chi connectivity index (χ2n) is 5.64. The number of nitrogens with zero attached hydrogens (tertiary/aromatic N) is 2. The quantitative estimate of drug-likeness (QED) is 0.413. The molecule has 2 aromatic carbocycles. The smallest absolute Gasteiger partial charge is 0.273 e. The lowest BCUT2D eigenvalue weighted by atomic mass is 10.1. The van der Waals surface area contributed by atoms with Crippen molar-refractivity contribution in [2.45, 2.75) is 19.8 Å². The molecule has 7 heteroatoms. The standard InChI is InChI=1S/C18H17N3O3S/c1-12-13(6-4-8-15(12)21(23)24)18(22)19-11-5-10-17-20-14-7-2-3-9-16(14)25-17/h2-4,6-9H,5,10-11H2,1H3,(H,19,22). The Morgan fingerprint density at radius 2 is 2.04 bits per heavy atom. The highest BCUT2D eigenvalue weighted by molar-refractivity contribution is 7.18. The van der Waals surface area contributed by atoms with Crippen molar-refractivity contribution in [3.05, 3.63) is 68.7 Å². The summed E-state index contributed by atoms with van der Waals surface area (Å²) in [4.78, 5) is 27.3. The van der Waals surface area contributed by atoms with Crippen LogP contribution in [0.1, 0.15) is 27.3 Å². The fraction of sp³-hybridized carbons (Fsp3) is 0.222. The van der Waals surface area contributed by atoms with Gasteiger partial charge in [-0.05, 0) is 31.5 Å². The van der Waals surface area contributed by atoms with Gasteiger partial charge in [-0.3, -0.25) is 14.9 Å². The number of benzene rings is 2. The number of amides is 1. The van der Waals surface area contributed by atoms with Crippen molar-refractivity contribution < 1.29 is 9.72 Å². The normalized spacial score (nSPS) is 10.8. The molecule has 25 heavy (non-hydrogen) atoms. The number of nitro benzene ring substituents is 1. The highest BCUT2D eigenvalue weighted by Crippen LogP contribution is 2.23. The van der Waals surface area contributed by atoms with Gasteiger partial charge in [-0.25, -0.2) is 4.98 Å². The van der Waals surface area contributed by atoms with Gasteiger partial charge in [-0.15, -0.1) is 11.3 Å². The van der Waals surface area contributed by atoms with Crippen LogP contribution in [-0.2, 0) is 6.42 Å². The Hall–Kier alpha value is -2.80. The monoisotopic (exact) mass is 355 g/mol. The minimum absolute atomic E-state index is 0.0397. The zero-order valence-corrected chi connectivity index (χ0v) is 14.5. The van der Waals surface area contributed by atoms with E-state index < -0.39 is 4.92 Å². The first kappa shape index (κ1) is 17.0.